The van der Waals surface area contributed by atoms with Gasteiger partial charge in [0, 0.05) is 17.1 Å². The molecule has 2 aromatic rings. The minimum Gasteiger partial charge on any atom is -0.497 e. The van der Waals surface area contributed by atoms with E-state index in [0.29, 0.717) is 5.75 Å². The monoisotopic (exact) mass is 345 g/mol. The second kappa shape index (κ2) is 9.08. The maximum Gasteiger partial charge on any atom is 0.211 e. The summed E-state index contributed by atoms with van der Waals surface area (Å²) < 4.78 is 5.10. The van der Waals surface area contributed by atoms with Crippen LogP contribution in [-0.4, -0.2) is 23.7 Å². The van der Waals surface area contributed by atoms with Crippen LogP contribution in [0, 0.1) is 10.1 Å². The van der Waals surface area contributed by atoms with E-state index in [1.54, 1.807) is 7.11 Å². The van der Waals surface area contributed by atoms with Gasteiger partial charge in [0.15, 0.2) is 5.12 Å². The average Bonchev–Trinajstić information content (AvgIpc) is 2.60. The predicted octanol–water partition coefficient (Wildman–Crippen LogP) is 3.91. The van der Waals surface area contributed by atoms with Gasteiger partial charge in [0.1, 0.15) is 5.75 Å². The molecule has 6 heteroatoms. The number of hydrogen-bond acceptors (Lipinski definition) is 5. The van der Waals surface area contributed by atoms with Crippen LogP contribution in [0.4, 0.5) is 0 Å². The molecule has 0 fully saturated rings. The van der Waals surface area contributed by atoms with Crippen LogP contribution in [0.15, 0.2) is 54.6 Å². The van der Waals surface area contributed by atoms with E-state index in [1.165, 1.54) is 11.8 Å². The second-order valence-electron chi connectivity index (χ2n) is 5.34. The molecule has 0 unspecified atom stereocenters. The van der Waals surface area contributed by atoms with Crippen LogP contribution in [0.1, 0.15) is 23.5 Å². The summed E-state index contributed by atoms with van der Waals surface area (Å²) in [7, 11) is 1.60. The molecule has 126 valence electrons. The van der Waals surface area contributed by atoms with Crippen molar-refractivity contribution in [1.29, 1.82) is 0 Å². The molecule has 2 aromatic carbocycles. The summed E-state index contributed by atoms with van der Waals surface area (Å²) >= 11 is 1.19. The summed E-state index contributed by atoms with van der Waals surface area (Å²) in [5, 5.41) is 10.8. The number of thioether (sulfide) groups is 1. The number of ether oxygens (including phenoxy) is 1. The van der Waals surface area contributed by atoms with E-state index in [-0.39, 0.29) is 23.0 Å². The van der Waals surface area contributed by atoms with Crippen LogP contribution in [0.3, 0.4) is 0 Å². The van der Waals surface area contributed by atoms with Gasteiger partial charge >= 0.3 is 0 Å². The van der Waals surface area contributed by atoms with Crippen molar-refractivity contribution in [3.63, 3.8) is 0 Å². The van der Waals surface area contributed by atoms with Crippen molar-refractivity contribution < 1.29 is 14.5 Å². The van der Waals surface area contributed by atoms with E-state index in [4.69, 9.17) is 4.74 Å². The number of rotatable bonds is 8. The molecule has 0 spiro atoms. The summed E-state index contributed by atoms with van der Waals surface area (Å²) in [5.74, 6) is 0.922. The molecular weight excluding hydrogens is 326 g/mol. The zero-order valence-corrected chi connectivity index (χ0v) is 14.2. The molecule has 0 aliphatic carbocycles. The lowest BCUT2D eigenvalue weighted by Gasteiger charge is -2.12. The molecule has 0 saturated carbocycles. The molecular formula is C18H19NO4S. The molecule has 0 N–H and O–H groups in total. The standard InChI is InChI=1S/C18H19NO4S/c1-23-17-9-7-14(8-10-17)13-24-18(20)11-16(12-19(21)22)15-5-3-2-4-6-15/h2-10,16H,11-13H2,1H3/t16-/m1/s1. The molecule has 0 aliphatic rings. The van der Waals surface area contributed by atoms with E-state index in [1.807, 2.05) is 54.6 Å². The lowest BCUT2D eigenvalue weighted by Crippen LogP contribution is -2.15. The summed E-state index contributed by atoms with van der Waals surface area (Å²) in [6.07, 6.45) is 0.159. The van der Waals surface area contributed by atoms with Crippen molar-refractivity contribution in [2.45, 2.75) is 18.1 Å². The van der Waals surface area contributed by atoms with Gasteiger partial charge in [-0.25, -0.2) is 0 Å². The molecule has 2 rings (SSSR count). The van der Waals surface area contributed by atoms with Gasteiger partial charge in [-0.2, -0.15) is 0 Å². The first-order valence-corrected chi connectivity index (χ1v) is 8.52. The van der Waals surface area contributed by atoms with Gasteiger partial charge in [0.25, 0.3) is 0 Å². The van der Waals surface area contributed by atoms with Gasteiger partial charge < -0.3 is 4.74 Å². The van der Waals surface area contributed by atoms with Gasteiger partial charge in [-0.1, -0.05) is 54.2 Å². The molecule has 1 atom stereocenters. The highest BCUT2D eigenvalue weighted by Crippen LogP contribution is 2.25. The van der Waals surface area contributed by atoms with Crippen molar-refractivity contribution in [2.24, 2.45) is 0 Å². The van der Waals surface area contributed by atoms with Crippen molar-refractivity contribution in [1.82, 2.24) is 0 Å². The Balaban J connectivity index is 1.93. The highest BCUT2D eigenvalue weighted by atomic mass is 32.2. The number of carbonyl (C=O) groups excluding carboxylic acids is 1. The first kappa shape index (κ1) is 18.0. The molecule has 0 radical (unpaired) electrons. The zero-order valence-electron chi connectivity index (χ0n) is 13.4. The van der Waals surface area contributed by atoms with E-state index < -0.39 is 5.92 Å². The van der Waals surface area contributed by atoms with Gasteiger partial charge in [0.2, 0.25) is 6.54 Å². The minimum atomic E-state index is -0.392. The topological polar surface area (TPSA) is 69.4 Å². The second-order valence-corrected chi connectivity index (χ2v) is 6.37. The smallest absolute Gasteiger partial charge is 0.211 e. The van der Waals surface area contributed by atoms with Crippen LogP contribution in [0.5, 0.6) is 5.75 Å². The summed E-state index contributed by atoms with van der Waals surface area (Å²) in [4.78, 5) is 22.7. The average molecular weight is 345 g/mol. The maximum absolute atomic E-state index is 12.2. The lowest BCUT2D eigenvalue weighted by atomic mass is 9.96. The van der Waals surface area contributed by atoms with E-state index in [2.05, 4.69) is 0 Å². The fourth-order valence-corrected chi connectivity index (χ4v) is 3.18. The van der Waals surface area contributed by atoms with Crippen LogP contribution >= 0.6 is 11.8 Å². The Labute approximate surface area is 145 Å². The Morgan fingerprint density at radius 3 is 2.42 bits per heavy atom. The van der Waals surface area contributed by atoms with Crippen LogP contribution in [-0.2, 0) is 10.5 Å². The number of carbonyl (C=O) groups is 1. The molecule has 0 aliphatic heterocycles. The largest absolute Gasteiger partial charge is 0.497 e. The van der Waals surface area contributed by atoms with Crippen molar-refractivity contribution >= 4 is 16.9 Å². The summed E-state index contributed by atoms with van der Waals surface area (Å²) in [5.41, 5.74) is 1.84. The normalized spacial score (nSPS) is 11.7. The van der Waals surface area contributed by atoms with Crippen LogP contribution in [0.2, 0.25) is 0 Å². The third-order valence-electron chi connectivity index (χ3n) is 3.61. The predicted molar refractivity (Wildman–Crippen MR) is 95.0 cm³/mol. The molecule has 0 aromatic heterocycles. The van der Waals surface area contributed by atoms with Crippen LogP contribution < -0.4 is 4.74 Å². The van der Waals surface area contributed by atoms with E-state index in [9.17, 15) is 14.9 Å². The molecule has 0 heterocycles. The number of benzene rings is 2. The summed E-state index contributed by atoms with van der Waals surface area (Å²) in [6.45, 7) is -0.237. The first-order valence-electron chi connectivity index (χ1n) is 7.54. The summed E-state index contributed by atoms with van der Waals surface area (Å²) in [6, 6.07) is 16.7. The Kier molecular flexibility index (Phi) is 6.81. The van der Waals surface area contributed by atoms with Gasteiger partial charge in [-0.3, -0.25) is 14.9 Å². The Morgan fingerprint density at radius 1 is 1.17 bits per heavy atom. The SMILES string of the molecule is COc1ccc(CSC(=O)C[C@H](C[N+](=O)[O-])c2ccccc2)cc1. The van der Waals surface area contributed by atoms with E-state index in [0.717, 1.165) is 16.9 Å². The van der Waals surface area contributed by atoms with E-state index >= 15 is 0 Å². The highest BCUT2D eigenvalue weighted by Gasteiger charge is 2.21. The van der Waals surface area contributed by atoms with Crippen molar-refractivity contribution in [3.8, 4) is 5.75 Å². The van der Waals surface area contributed by atoms with Gasteiger partial charge in [0.05, 0.1) is 13.0 Å². The minimum absolute atomic E-state index is 0.0403. The Hall–Kier alpha value is -2.34. The fraction of sp³-hybridized carbons (Fsp3) is 0.278. The number of methoxy groups -OCH3 is 1. The molecule has 5 nitrogen and oxygen atoms in total. The molecule has 24 heavy (non-hydrogen) atoms. The van der Waals surface area contributed by atoms with Crippen LogP contribution in [0.25, 0.3) is 0 Å². The highest BCUT2D eigenvalue weighted by molar-refractivity contribution is 8.12. The maximum atomic E-state index is 12.2. The van der Waals surface area contributed by atoms with Gasteiger partial charge in [-0.05, 0) is 23.3 Å². The Morgan fingerprint density at radius 2 is 1.83 bits per heavy atom. The fourth-order valence-electron chi connectivity index (χ4n) is 2.34. The third-order valence-corrected chi connectivity index (χ3v) is 4.58. The Bertz CT molecular complexity index is 673. The quantitative estimate of drug-likeness (QED) is 0.536. The number of hydrogen-bond donors (Lipinski definition) is 0. The molecule has 0 amide bonds. The number of nitro groups is 1. The molecule has 0 bridgehead atoms. The lowest BCUT2D eigenvalue weighted by molar-refractivity contribution is -0.483. The number of nitrogens with zero attached hydrogens (tertiary/aromatic N) is 1. The van der Waals surface area contributed by atoms with Crippen molar-refractivity contribution in [3.05, 3.63) is 75.8 Å². The molecule has 0 saturated heterocycles. The first-order chi connectivity index (χ1) is 11.6. The third kappa shape index (κ3) is 5.70. The zero-order chi connectivity index (χ0) is 17.4. The van der Waals surface area contributed by atoms with Crippen molar-refractivity contribution in [2.75, 3.05) is 13.7 Å². The van der Waals surface area contributed by atoms with Gasteiger partial charge in [-0.15, -0.1) is 0 Å².